The number of hydrazone groups is 1. The molecule has 10 heteroatoms. The Morgan fingerprint density at radius 3 is 2.38 bits per heavy atom. The topological polar surface area (TPSA) is 72.2 Å². The molecule has 0 atom stereocenters. The van der Waals surface area contributed by atoms with Gasteiger partial charge in [0, 0.05) is 10.9 Å². The van der Waals surface area contributed by atoms with Crippen LogP contribution in [-0.4, -0.2) is 26.4 Å². The van der Waals surface area contributed by atoms with Crippen LogP contribution in [0.2, 0.25) is 0 Å². The van der Waals surface area contributed by atoms with Crippen LogP contribution in [0.25, 0.3) is 16.4 Å². The minimum Gasteiger partial charge on any atom is -0.266 e. The van der Waals surface area contributed by atoms with Crippen LogP contribution in [-0.2, 0) is 6.18 Å². The van der Waals surface area contributed by atoms with E-state index in [0.29, 0.717) is 11.3 Å². The number of thiazole rings is 1. The van der Waals surface area contributed by atoms with Crippen molar-refractivity contribution in [3.05, 3.63) is 89.1 Å². The molecule has 162 valence electrons. The van der Waals surface area contributed by atoms with Crippen LogP contribution in [0.15, 0.2) is 77.2 Å². The summed E-state index contributed by atoms with van der Waals surface area (Å²) in [5.41, 5.74) is 3.61. The lowest BCUT2D eigenvalue weighted by molar-refractivity contribution is -0.141. The van der Waals surface area contributed by atoms with Crippen molar-refractivity contribution in [2.75, 3.05) is 0 Å². The van der Waals surface area contributed by atoms with E-state index in [1.807, 2.05) is 30.3 Å². The van der Waals surface area contributed by atoms with E-state index in [9.17, 15) is 18.0 Å². The summed E-state index contributed by atoms with van der Waals surface area (Å²) in [4.78, 5) is 16.6. The van der Waals surface area contributed by atoms with Crippen molar-refractivity contribution in [3.8, 4) is 16.4 Å². The van der Waals surface area contributed by atoms with Crippen molar-refractivity contribution < 1.29 is 18.0 Å². The maximum atomic E-state index is 13.3. The van der Waals surface area contributed by atoms with Crippen LogP contribution in [0.3, 0.4) is 0 Å². The lowest BCUT2D eigenvalue weighted by atomic mass is 10.1. The first kappa shape index (κ1) is 21.4. The standard InChI is InChI=1S/C22H16F3N5OS/c1-14(15-8-4-2-5-9-15)27-28-20(31)17-13-32-21(26-17)30-18(16-10-6-3-7-11-16)12-19(29-30)22(23,24)25/h2-13H,1H3,(H,28,31)/b27-14+. The van der Waals surface area contributed by atoms with Crippen LogP contribution in [0, 0.1) is 0 Å². The third kappa shape index (κ3) is 4.59. The molecule has 0 spiro atoms. The first-order valence-electron chi connectivity index (χ1n) is 9.41. The van der Waals surface area contributed by atoms with E-state index < -0.39 is 17.8 Å². The van der Waals surface area contributed by atoms with Gasteiger partial charge in [-0.3, -0.25) is 4.79 Å². The maximum absolute atomic E-state index is 13.3. The van der Waals surface area contributed by atoms with Crippen LogP contribution in [0.4, 0.5) is 13.2 Å². The highest BCUT2D eigenvalue weighted by atomic mass is 32.1. The van der Waals surface area contributed by atoms with E-state index in [-0.39, 0.29) is 16.5 Å². The molecular weight excluding hydrogens is 439 g/mol. The zero-order chi connectivity index (χ0) is 22.7. The molecule has 0 radical (unpaired) electrons. The summed E-state index contributed by atoms with van der Waals surface area (Å²) >= 11 is 1.01. The Morgan fingerprint density at radius 1 is 1.06 bits per heavy atom. The Labute approximate surface area is 185 Å². The van der Waals surface area contributed by atoms with Crippen LogP contribution < -0.4 is 5.43 Å². The highest BCUT2D eigenvalue weighted by Gasteiger charge is 2.35. The van der Waals surface area contributed by atoms with Gasteiger partial charge in [-0.15, -0.1) is 11.3 Å². The molecule has 0 saturated carbocycles. The van der Waals surface area contributed by atoms with Crippen molar-refractivity contribution in [1.29, 1.82) is 0 Å². The number of amides is 1. The number of halogens is 3. The van der Waals surface area contributed by atoms with Crippen molar-refractivity contribution >= 4 is 23.0 Å². The first-order valence-corrected chi connectivity index (χ1v) is 10.3. The van der Waals surface area contributed by atoms with Gasteiger partial charge < -0.3 is 0 Å². The molecule has 2 aromatic heterocycles. The fourth-order valence-corrected chi connectivity index (χ4v) is 3.65. The average molecular weight is 455 g/mol. The number of alkyl halides is 3. The van der Waals surface area contributed by atoms with Gasteiger partial charge in [-0.25, -0.2) is 15.1 Å². The fourth-order valence-electron chi connectivity index (χ4n) is 2.88. The van der Waals surface area contributed by atoms with Crippen molar-refractivity contribution in [1.82, 2.24) is 20.2 Å². The quantitative estimate of drug-likeness (QED) is 0.333. The second-order valence-corrected chi connectivity index (χ2v) is 7.55. The largest absolute Gasteiger partial charge is 0.435 e. The van der Waals surface area contributed by atoms with E-state index in [1.165, 1.54) is 5.38 Å². The first-order chi connectivity index (χ1) is 15.3. The Bertz CT molecular complexity index is 1260. The predicted octanol–water partition coefficient (Wildman–Crippen LogP) is 5.17. The minimum absolute atomic E-state index is 0.0256. The summed E-state index contributed by atoms with van der Waals surface area (Å²) in [5, 5.41) is 9.34. The maximum Gasteiger partial charge on any atom is 0.435 e. The monoisotopic (exact) mass is 455 g/mol. The molecule has 0 saturated heterocycles. The molecule has 1 N–H and O–H groups in total. The lowest BCUT2D eigenvalue weighted by Crippen LogP contribution is -2.19. The van der Waals surface area contributed by atoms with Crippen molar-refractivity contribution in [3.63, 3.8) is 0 Å². The van der Waals surface area contributed by atoms with Crippen molar-refractivity contribution in [2.24, 2.45) is 5.10 Å². The predicted molar refractivity (Wildman–Crippen MR) is 116 cm³/mol. The zero-order valence-corrected chi connectivity index (χ0v) is 17.5. The number of benzene rings is 2. The van der Waals surface area contributed by atoms with Gasteiger partial charge in [-0.05, 0) is 18.6 Å². The summed E-state index contributed by atoms with van der Waals surface area (Å²) in [7, 11) is 0. The van der Waals surface area contributed by atoms with Crippen LogP contribution >= 0.6 is 11.3 Å². The molecule has 0 aliphatic rings. The number of carbonyl (C=O) groups is 1. The van der Waals surface area contributed by atoms with Gasteiger partial charge in [-0.2, -0.15) is 23.4 Å². The fraction of sp³-hybridized carbons (Fsp3) is 0.0909. The lowest BCUT2D eigenvalue weighted by Gasteiger charge is -2.04. The number of nitrogens with zero attached hydrogens (tertiary/aromatic N) is 4. The highest BCUT2D eigenvalue weighted by Crippen LogP contribution is 2.33. The second kappa shape index (κ2) is 8.75. The molecule has 0 bridgehead atoms. The summed E-state index contributed by atoms with van der Waals surface area (Å²) in [6.07, 6.45) is -4.62. The smallest absolute Gasteiger partial charge is 0.266 e. The van der Waals surface area contributed by atoms with E-state index in [4.69, 9.17) is 0 Å². The van der Waals surface area contributed by atoms with Crippen molar-refractivity contribution in [2.45, 2.75) is 13.1 Å². The molecule has 4 aromatic rings. The Kier molecular flexibility index (Phi) is 5.87. The number of aromatic nitrogens is 3. The summed E-state index contributed by atoms with van der Waals surface area (Å²) in [6.45, 7) is 1.75. The second-order valence-electron chi connectivity index (χ2n) is 6.71. The van der Waals surface area contributed by atoms with Crippen LogP contribution in [0.1, 0.15) is 28.7 Å². The molecule has 0 aliphatic heterocycles. The molecule has 0 aliphatic carbocycles. The van der Waals surface area contributed by atoms with Gasteiger partial charge in [0.05, 0.1) is 11.4 Å². The molecule has 6 nitrogen and oxygen atoms in total. The normalized spacial score (nSPS) is 12.1. The SMILES string of the molecule is C/C(=N\NC(=O)c1csc(-n2nc(C(F)(F)F)cc2-c2ccccc2)n1)c1ccccc1. The average Bonchev–Trinajstić information content (AvgIpc) is 3.46. The molecule has 2 aromatic carbocycles. The molecule has 0 fully saturated rings. The summed E-state index contributed by atoms with van der Waals surface area (Å²) in [6, 6.07) is 18.8. The van der Waals surface area contributed by atoms with E-state index >= 15 is 0 Å². The van der Waals surface area contributed by atoms with Gasteiger partial charge in [-0.1, -0.05) is 60.7 Å². The Morgan fingerprint density at radius 2 is 1.72 bits per heavy atom. The third-order valence-corrected chi connectivity index (χ3v) is 5.31. The molecule has 0 unspecified atom stereocenters. The number of carbonyl (C=O) groups excluding carboxylic acids is 1. The Hall–Kier alpha value is -3.79. The molecule has 32 heavy (non-hydrogen) atoms. The number of hydrogen-bond donors (Lipinski definition) is 1. The summed E-state index contributed by atoms with van der Waals surface area (Å²) in [5.74, 6) is -0.577. The number of hydrogen-bond acceptors (Lipinski definition) is 5. The van der Waals surface area contributed by atoms with Gasteiger partial charge in [0.25, 0.3) is 5.91 Å². The van der Waals surface area contributed by atoms with Gasteiger partial charge in [0.2, 0.25) is 5.13 Å². The van der Waals surface area contributed by atoms with E-state index in [0.717, 1.165) is 27.6 Å². The molecule has 2 heterocycles. The molecule has 1 amide bonds. The molecule has 4 rings (SSSR count). The highest BCUT2D eigenvalue weighted by molar-refractivity contribution is 7.12. The Balaban J connectivity index is 1.62. The number of rotatable bonds is 5. The van der Waals surface area contributed by atoms with Gasteiger partial charge in [0.1, 0.15) is 5.69 Å². The third-order valence-electron chi connectivity index (χ3n) is 4.49. The number of nitrogens with one attached hydrogen (secondary N) is 1. The zero-order valence-electron chi connectivity index (χ0n) is 16.7. The molecular formula is C22H16F3N5OS. The van der Waals surface area contributed by atoms with E-state index in [2.05, 4.69) is 20.6 Å². The van der Waals surface area contributed by atoms with Crippen LogP contribution in [0.5, 0.6) is 0 Å². The minimum atomic E-state index is -4.62. The van der Waals surface area contributed by atoms with E-state index in [1.54, 1.807) is 37.3 Å². The summed E-state index contributed by atoms with van der Waals surface area (Å²) < 4.78 is 41.0. The van der Waals surface area contributed by atoms with Gasteiger partial charge in [0.15, 0.2) is 5.69 Å². The van der Waals surface area contributed by atoms with Gasteiger partial charge >= 0.3 is 6.18 Å².